The molecule has 0 fully saturated rings. The Morgan fingerprint density at radius 1 is 1.11 bits per heavy atom. The van der Waals surface area contributed by atoms with Crippen molar-refractivity contribution in [3.05, 3.63) is 44.0 Å². The molecule has 96 valence electrons. The summed E-state index contributed by atoms with van der Waals surface area (Å²) in [4.78, 5) is 31.3. The third kappa shape index (κ3) is 3.24. The Balaban J connectivity index is 3.23. The van der Waals surface area contributed by atoms with E-state index < -0.39 is 27.1 Å². The molecule has 0 aliphatic rings. The molecule has 0 aliphatic heterocycles. The highest BCUT2D eigenvalue weighted by atomic mass is 16.6. The second kappa shape index (κ2) is 5.21. The van der Waals surface area contributed by atoms with Gasteiger partial charge >= 0.3 is 0 Å². The lowest BCUT2D eigenvalue weighted by molar-refractivity contribution is -0.394. The van der Waals surface area contributed by atoms with Crippen LogP contribution >= 0.6 is 0 Å². The molecular formula is C10H11N3O5. The first-order chi connectivity index (χ1) is 8.31. The van der Waals surface area contributed by atoms with E-state index in [0.717, 1.165) is 18.2 Å². The maximum Gasteiger partial charge on any atom is 0.277 e. The highest BCUT2D eigenvalue weighted by Gasteiger charge is 2.19. The number of benzene rings is 1. The van der Waals surface area contributed by atoms with Crippen LogP contribution in [0.4, 0.5) is 11.4 Å². The SMILES string of the molecule is CC(C)NC(=O)c1cc([N+](=O)[O-])cc([N+](=O)[O-])c1. The first-order valence-corrected chi connectivity index (χ1v) is 5.06. The number of nitrogens with one attached hydrogen (secondary N) is 1. The number of amides is 1. The number of nitro benzene ring substituents is 2. The molecule has 0 radical (unpaired) electrons. The highest BCUT2D eigenvalue weighted by Crippen LogP contribution is 2.22. The average molecular weight is 253 g/mol. The molecule has 0 spiro atoms. The third-order valence-electron chi connectivity index (χ3n) is 2.01. The number of rotatable bonds is 4. The van der Waals surface area contributed by atoms with Crippen LogP contribution in [-0.4, -0.2) is 21.8 Å². The molecule has 1 amide bonds. The Morgan fingerprint density at radius 2 is 1.56 bits per heavy atom. The lowest BCUT2D eigenvalue weighted by atomic mass is 10.1. The average Bonchev–Trinajstić information content (AvgIpc) is 2.27. The number of non-ortho nitro benzene ring substituents is 2. The van der Waals surface area contributed by atoms with Crippen LogP contribution in [-0.2, 0) is 0 Å². The van der Waals surface area contributed by atoms with Gasteiger partial charge in [-0.05, 0) is 13.8 Å². The molecule has 1 aromatic carbocycles. The summed E-state index contributed by atoms with van der Waals surface area (Å²) in [6, 6.07) is 2.65. The van der Waals surface area contributed by atoms with Gasteiger partial charge < -0.3 is 5.32 Å². The van der Waals surface area contributed by atoms with Crippen LogP contribution in [0.1, 0.15) is 24.2 Å². The predicted octanol–water partition coefficient (Wildman–Crippen LogP) is 1.64. The molecule has 0 aromatic heterocycles. The Bertz CT molecular complexity index is 480. The van der Waals surface area contributed by atoms with Crippen molar-refractivity contribution in [1.29, 1.82) is 0 Å². The van der Waals surface area contributed by atoms with E-state index in [2.05, 4.69) is 5.32 Å². The number of nitrogens with zero attached hydrogens (tertiary/aromatic N) is 2. The number of nitro groups is 2. The van der Waals surface area contributed by atoms with Crippen LogP contribution in [0, 0.1) is 20.2 Å². The standard InChI is InChI=1S/C10H11N3O5/c1-6(2)11-10(14)7-3-8(12(15)16)5-9(4-7)13(17)18/h3-6H,1-2H3,(H,11,14). The van der Waals surface area contributed by atoms with Crippen LogP contribution in [0.5, 0.6) is 0 Å². The molecule has 8 nitrogen and oxygen atoms in total. The van der Waals surface area contributed by atoms with Gasteiger partial charge in [0.25, 0.3) is 17.3 Å². The van der Waals surface area contributed by atoms with Gasteiger partial charge in [-0.15, -0.1) is 0 Å². The molecule has 18 heavy (non-hydrogen) atoms. The van der Waals surface area contributed by atoms with Gasteiger partial charge in [0.1, 0.15) is 0 Å². The minimum absolute atomic E-state index is 0.107. The van der Waals surface area contributed by atoms with Crippen molar-refractivity contribution in [2.75, 3.05) is 0 Å². The molecule has 0 saturated carbocycles. The molecular weight excluding hydrogens is 242 g/mol. The lowest BCUT2D eigenvalue weighted by Crippen LogP contribution is -2.30. The first-order valence-electron chi connectivity index (χ1n) is 5.06. The fraction of sp³-hybridized carbons (Fsp3) is 0.300. The predicted molar refractivity (Wildman–Crippen MR) is 62.4 cm³/mol. The molecule has 0 heterocycles. The summed E-state index contributed by atoms with van der Waals surface area (Å²) in [6.45, 7) is 3.42. The molecule has 1 N–H and O–H groups in total. The second-order valence-electron chi connectivity index (χ2n) is 3.88. The van der Waals surface area contributed by atoms with Gasteiger partial charge in [0.05, 0.1) is 21.5 Å². The largest absolute Gasteiger partial charge is 0.350 e. The quantitative estimate of drug-likeness (QED) is 0.646. The first kappa shape index (κ1) is 13.6. The van der Waals surface area contributed by atoms with E-state index >= 15 is 0 Å². The maximum atomic E-state index is 11.6. The summed E-state index contributed by atoms with van der Waals surface area (Å²) >= 11 is 0. The molecule has 0 saturated heterocycles. The van der Waals surface area contributed by atoms with Gasteiger partial charge in [-0.2, -0.15) is 0 Å². The Kier molecular flexibility index (Phi) is 3.93. The zero-order valence-corrected chi connectivity index (χ0v) is 9.75. The topological polar surface area (TPSA) is 115 Å². The summed E-state index contributed by atoms with van der Waals surface area (Å²) in [5.41, 5.74) is -1.08. The monoisotopic (exact) mass is 253 g/mol. The maximum absolute atomic E-state index is 11.6. The van der Waals surface area contributed by atoms with Gasteiger partial charge in [-0.3, -0.25) is 25.0 Å². The van der Waals surface area contributed by atoms with E-state index in [1.54, 1.807) is 13.8 Å². The van der Waals surface area contributed by atoms with Crippen molar-refractivity contribution >= 4 is 17.3 Å². The molecule has 0 aliphatic carbocycles. The molecule has 0 unspecified atom stereocenters. The van der Waals surface area contributed by atoms with Crippen LogP contribution in [0.25, 0.3) is 0 Å². The zero-order valence-electron chi connectivity index (χ0n) is 9.75. The highest BCUT2D eigenvalue weighted by molar-refractivity contribution is 5.95. The van der Waals surface area contributed by atoms with Crippen molar-refractivity contribution in [2.45, 2.75) is 19.9 Å². The van der Waals surface area contributed by atoms with E-state index in [1.807, 2.05) is 0 Å². The normalized spacial score (nSPS) is 10.2. The van der Waals surface area contributed by atoms with E-state index in [-0.39, 0.29) is 11.6 Å². The van der Waals surface area contributed by atoms with Gasteiger partial charge in [0, 0.05) is 18.2 Å². The summed E-state index contributed by atoms with van der Waals surface area (Å²) in [6.07, 6.45) is 0. The third-order valence-corrected chi connectivity index (χ3v) is 2.01. The van der Waals surface area contributed by atoms with Gasteiger partial charge in [-0.25, -0.2) is 0 Å². The summed E-state index contributed by atoms with van der Waals surface area (Å²) in [7, 11) is 0. The van der Waals surface area contributed by atoms with Gasteiger partial charge in [0.2, 0.25) is 0 Å². The number of hydrogen-bond acceptors (Lipinski definition) is 5. The molecule has 8 heteroatoms. The Labute approximate surface area is 102 Å². The van der Waals surface area contributed by atoms with Gasteiger partial charge in [-0.1, -0.05) is 0 Å². The number of carbonyl (C=O) groups is 1. The molecule has 1 aromatic rings. The minimum atomic E-state index is -0.779. The number of hydrogen-bond donors (Lipinski definition) is 1. The zero-order chi connectivity index (χ0) is 13.9. The molecule has 0 atom stereocenters. The van der Waals surface area contributed by atoms with E-state index in [1.165, 1.54) is 0 Å². The summed E-state index contributed by atoms with van der Waals surface area (Å²) < 4.78 is 0. The van der Waals surface area contributed by atoms with Crippen molar-refractivity contribution in [3.63, 3.8) is 0 Å². The van der Waals surface area contributed by atoms with Crippen molar-refractivity contribution in [1.82, 2.24) is 5.32 Å². The van der Waals surface area contributed by atoms with Crippen molar-refractivity contribution in [3.8, 4) is 0 Å². The van der Waals surface area contributed by atoms with Crippen LogP contribution in [0.3, 0.4) is 0 Å². The smallest absolute Gasteiger partial charge is 0.277 e. The van der Waals surface area contributed by atoms with Crippen LogP contribution in [0.2, 0.25) is 0 Å². The van der Waals surface area contributed by atoms with Crippen molar-refractivity contribution in [2.24, 2.45) is 0 Å². The Morgan fingerprint density at radius 3 is 1.89 bits per heavy atom. The summed E-state index contributed by atoms with van der Waals surface area (Å²) in [5.74, 6) is -0.586. The molecule has 1 rings (SSSR count). The summed E-state index contributed by atoms with van der Waals surface area (Å²) in [5, 5.41) is 23.8. The molecule has 0 bridgehead atoms. The van der Waals surface area contributed by atoms with Gasteiger partial charge in [0.15, 0.2) is 0 Å². The Hall–Kier alpha value is -2.51. The van der Waals surface area contributed by atoms with Crippen LogP contribution < -0.4 is 5.32 Å². The minimum Gasteiger partial charge on any atom is -0.350 e. The van der Waals surface area contributed by atoms with Crippen molar-refractivity contribution < 1.29 is 14.6 Å². The fourth-order valence-electron chi connectivity index (χ4n) is 1.28. The second-order valence-corrected chi connectivity index (χ2v) is 3.88. The van der Waals surface area contributed by atoms with E-state index in [0.29, 0.717) is 0 Å². The van der Waals surface area contributed by atoms with E-state index in [9.17, 15) is 25.0 Å². The van der Waals surface area contributed by atoms with E-state index in [4.69, 9.17) is 0 Å². The lowest BCUT2D eigenvalue weighted by Gasteiger charge is -2.07. The fourth-order valence-corrected chi connectivity index (χ4v) is 1.28. The van der Waals surface area contributed by atoms with Crippen LogP contribution in [0.15, 0.2) is 18.2 Å². The number of carbonyl (C=O) groups excluding carboxylic acids is 1.